The van der Waals surface area contributed by atoms with E-state index in [1.807, 2.05) is 0 Å². The molecule has 0 bridgehead atoms. The van der Waals surface area contributed by atoms with Gasteiger partial charge in [0.1, 0.15) is 5.82 Å². The summed E-state index contributed by atoms with van der Waals surface area (Å²) in [5.74, 6) is -0.415. The predicted octanol–water partition coefficient (Wildman–Crippen LogP) is 3.63. The normalized spacial score (nSPS) is 29.5. The summed E-state index contributed by atoms with van der Waals surface area (Å²) in [6.07, 6.45) is -8.08. The van der Waals surface area contributed by atoms with Crippen molar-refractivity contribution in [1.29, 1.82) is 0 Å². The second-order valence-corrected chi connectivity index (χ2v) is 10.1. The summed E-state index contributed by atoms with van der Waals surface area (Å²) in [5, 5.41) is 3.41. The van der Waals surface area contributed by atoms with E-state index in [0.29, 0.717) is 26.1 Å². The van der Waals surface area contributed by atoms with Crippen LogP contribution in [-0.2, 0) is 20.4 Å². The third kappa shape index (κ3) is 6.66. The van der Waals surface area contributed by atoms with E-state index in [0.717, 1.165) is 18.3 Å². The van der Waals surface area contributed by atoms with E-state index in [-0.39, 0.29) is 63.0 Å². The molecule has 1 saturated carbocycles. The molecule has 1 aliphatic carbocycles. The molecule has 2 saturated heterocycles. The van der Waals surface area contributed by atoms with E-state index >= 15 is 0 Å². The van der Waals surface area contributed by atoms with E-state index < -0.39 is 35.7 Å². The molecular weight excluding hydrogens is 506 g/mol. The zero-order chi connectivity index (χ0) is 26.8. The predicted molar refractivity (Wildman–Crippen MR) is 122 cm³/mol. The van der Waals surface area contributed by atoms with Gasteiger partial charge < -0.3 is 24.6 Å². The molecule has 37 heavy (non-hydrogen) atoms. The number of carbonyl (C=O) groups excluding carboxylic acids is 1. The third-order valence-corrected chi connectivity index (χ3v) is 7.62. The molecule has 4 rings (SSSR count). The summed E-state index contributed by atoms with van der Waals surface area (Å²) in [4.78, 5) is 20.6. The largest absolute Gasteiger partial charge is 0.416 e. The highest BCUT2D eigenvalue weighted by atomic mass is 19.4. The molecule has 3 aliphatic rings. The number of halogens is 6. The fourth-order valence-corrected chi connectivity index (χ4v) is 5.76. The molecule has 1 aromatic rings. The summed E-state index contributed by atoms with van der Waals surface area (Å²) in [7, 11) is 1.56. The molecule has 13 heteroatoms. The molecule has 7 nitrogen and oxygen atoms in total. The van der Waals surface area contributed by atoms with E-state index in [2.05, 4.69) is 10.3 Å². The quantitative estimate of drug-likeness (QED) is 0.559. The number of nitrogens with one attached hydrogen (secondary N) is 1. The maximum absolute atomic E-state index is 13.7. The number of carbonyl (C=O) groups is 1. The number of nitrogens with zero attached hydrogens (tertiary/aromatic N) is 3. The van der Waals surface area contributed by atoms with Crippen LogP contribution < -0.4 is 10.2 Å². The number of methoxy groups -OCH3 is 1. The van der Waals surface area contributed by atoms with Gasteiger partial charge in [0.2, 0.25) is 5.91 Å². The van der Waals surface area contributed by atoms with Crippen LogP contribution in [0.3, 0.4) is 0 Å². The highest BCUT2D eigenvalue weighted by Crippen LogP contribution is 2.48. The Bertz CT molecular complexity index is 938. The number of hydrogen-bond donors (Lipinski definition) is 1. The van der Waals surface area contributed by atoms with Crippen LogP contribution >= 0.6 is 0 Å². The summed E-state index contributed by atoms with van der Waals surface area (Å²) < 4.78 is 91.1. The summed E-state index contributed by atoms with van der Waals surface area (Å²) in [6, 6.07) is 1.50. The van der Waals surface area contributed by atoms with Crippen LogP contribution in [0.4, 0.5) is 32.2 Å². The van der Waals surface area contributed by atoms with Crippen LogP contribution in [0.15, 0.2) is 18.3 Å². The monoisotopic (exact) mass is 538 g/mol. The Balaban J connectivity index is 1.42. The van der Waals surface area contributed by atoms with Crippen molar-refractivity contribution in [2.45, 2.75) is 62.6 Å². The molecule has 3 fully saturated rings. The number of anilines is 1. The smallest absolute Gasteiger partial charge is 0.379 e. The Kier molecular flexibility index (Phi) is 8.25. The fourth-order valence-electron chi connectivity index (χ4n) is 5.76. The molecule has 208 valence electrons. The van der Waals surface area contributed by atoms with Gasteiger partial charge in [-0.15, -0.1) is 0 Å². The SMILES string of the molecule is CO[C@@H]1COCC[C@@H]1N[C@@H]1CC[C@](CC(F)(F)F)(C(=O)N2CCN(c3cc(C(F)(F)F)ccn3)CC2)C1. The molecule has 0 aromatic carbocycles. The van der Waals surface area contributed by atoms with Gasteiger partial charge in [-0.05, 0) is 37.8 Å². The molecular formula is C24H32F6N4O3. The van der Waals surface area contributed by atoms with Crippen LogP contribution in [0.2, 0.25) is 0 Å². The lowest BCUT2D eigenvalue weighted by molar-refractivity contribution is -0.174. The van der Waals surface area contributed by atoms with E-state index in [1.54, 1.807) is 12.0 Å². The number of piperazine rings is 1. The van der Waals surface area contributed by atoms with Crippen LogP contribution in [0.25, 0.3) is 0 Å². The Morgan fingerprint density at radius 3 is 2.57 bits per heavy atom. The number of amides is 1. The lowest BCUT2D eigenvalue weighted by atomic mass is 9.80. The average molecular weight is 539 g/mol. The number of hydrogen-bond acceptors (Lipinski definition) is 6. The fraction of sp³-hybridized carbons (Fsp3) is 0.750. The molecule has 1 amide bonds. The minimum Gasteiger partial charge on any atom is -0.379 e. The number of rotatable bonds is 6. The van der Waals surface area contributed by atoms with Gasteiger partial charge in [-0.3, -0.25) is 4.79 Å². The first-order valence-electron chi connectivity index (χ1n) is 12.4. The third-order valence-electron chi connectivity index (χ3n) is 7.62. The van der Waals surface area contributed by atoms with Crippen molar-refractivity contribution in [2.24, 2.45) is 5.41 Å². The van der Waals surface area contributed by atoms with Crippen molar-refractivity contribution in [3.8, 4) is 0 Å². The number of aromatic nitrogens is 1. The topological polar surface area (TPSA) is 66.9 Å². The number of alkyl halides is 6. The number of ether oxygens (including phenoxy) is 2. The van der Waals surface area contributed by atoms with Gasteiger partial charge in [0.05, 0.1) is 30.1 Å². The van der Waals surface area contributed by atoms with Gasteiger partial charge in [-0.2, -0.15) is 26.3 Å². The van der Waals surface area contributed by atoms with Crippen LogP contribution in [0.5, 0.6) is 0 Å². The second kappa shape index (κ2) is 10.9. The second-order valence-electron chi connectivity index (χ2n) is 10.1. The molecule has 3 heterocycles. The van der Waals surface area contributed by atoms with Gasteiger partial charge in [0.25, 0.3) is 0 Å². The van der Waals surface area contributed by atoms with Crippen LogP contribution in [0, 0.1) is 5.41 Å². The van der Waals surface area contributed by atoms with E-state index in [9.17, 15) is 31.1 Å². The first-order valence-corrected chi connectivity index (χ1v) is 12.4. The Hall–Kier alpha value is -2.12. The van der Waals surface area contributed by atoms with Gasteiger partial charge in [-0.25, -0.2) is 4.98 Å². The van der Waals surface area contributed by atoms with Crippen molar-refractivity contribution in [3.05, 3.63) is 23.9 Å². The molecule has 1 N–H and O–H groups in total. The highest BCUT2D eigenvalue weighted by Gasteiger charge is 2.53. The maximum Gasteiger partial charge on any atom is 0.416 e. The molecule has 0 radical (unpaired) electrons. The van der Waals surface area contributed by atoms with Crippen molar-refractivity contribution in [3.63, 3.8) is 0 Å². The average Bonchev–Trinajstić information content (AvgIpc) is 3.25. The maximum atomic E-state index is 13.7. The highest BCUT2D eigenvalue weighted by molar-refractivity contribution is 5.83. The molecule has 2 aliphatic heterocycles. The Morgan fingerprint density at radius 2 is 1.92 bits per heavy atom. The first kappa shape index (κ1) is 27.9. The summed E-state index contributed by atoms with van der Waals surface area (Å²) >= 11 is 0. The lowest BCUT2D eigenvalue weighted by Gasteiger charge is -2.41. The minimum absolute atomic E-state index is 0.0640. The van der Waals surface area contributed by atoms with Crippen LogP contribution in [-0.4, -0.2) is 86.7 Å². The standard InChI is InChI=1S/C24H32F6N4O3/c1-36-19-14-37-11-4-18(19)32-17-2-5-22(13-17,15-23(25,26)27)21(35)34-9-7-33(8-10-34)20-12-16(3-6-31-20)24(28,29)30/h3,6,12,17-19,32H,2,4-5,7-11,13-15H2,1H3/t17-,18+,19-,22+/m1/s1. The zero-order valence-electron chi connectivity index (χ0n) is 20.6. The Labute approximate surface area is 211 Å². The van der Waals surface area contributed by atoms with Gasteiger partial charge in [0, 0.05) is 58.2 Å². The molecule has 0 spiro atoms. The molecule has 1 aromatic heterocycles. The van der Waals surface area contributed by atoms with Crippen molar-refractivity contribution in [1.82, 2.24) is 15.2 Å². The molecule has 4 atom stereocenters. The Morgan fingerprint density at radius 1 is 1.19 bits per heavy atom. The van der Waals surface area contributed by atoms with Gasteiger partial charge in [0.15, 0.2) is 0 Å². The van der Waals surface area contributed by atoms with Gasteiger partial charge >= 0.3 is 12.4 Å². The summed E-state index contributed by atoms with van der Waals surface area (Å²) in [5.41, 5.74) is -2.40. The summed E-state index contributed by atoms with van der Waals surface area (Å²) in [6.45, 7) is 1.52. The van der Waals surface area contributed by atoms with E-state index in [1.165, 1.54) is 4.90 Å². The zero-order valence-corrected chi connectivity index (χ0v) is 20.6. The number of pyridine rings is 1. The van der Waals surface area contributed by atoms with Crippen molar-refractivity contribution in [2.75, 3.05) is 51.4 Å². The van der Waals surface area contributed by atoms with Crippen LogP contribution in [0.1, 0.15) is 37.7 Å². The van der Waals surface area contributed by atoms with Gasteiger partial charge in [-0.1, -0.05) is 0 Å². The molecule has 0 unspecified atom stereocenters. The van der Waals surface area contributed by atoms with E-state index in [4.69, 9.17) is 9.47 Å². The lowest BCUT2D eigenvalue weighted by Crippen LogP contribution is -2.54. The van der Waals surface area contributed by atoms with Crippen molar-refractivity contribution < 1.29 is 40.6 Å². The van der Waals surface area contributed by atoms with Crippen molar-refractivity contribution >= 4 is 11.7 Å². The minimum atomic E-state index is -4.51. The first-order chi connectivity index (χ1) is 17.4.